The highest BCUT2D eigenvalue weighted by Gasteiger charge is 2.49. The zero-order valence-corrected chi connectivity index (χ0v) is 10.4. The van der Waals surface area contributed by atoms with Gasteiger partial charge in [-0.1, -0.05) is 19.3 Å². The van der Waals surface area contributed by atoms with E-state index >= 15 is 0 Å². The van der Waals surface area contributed by atoms with Crippen molar-refractivity contribution in [3.05, 3.63) is 0 Å². The van der Waals surface area contributed by atoms with Crippen LogP contribution in [0.5, 0.6) is 0 Å². The summed E-state index contributed by atoms with van der Waals surface area (Å²) >= 11 is 0. The van der Waals surface area contributed by atoms with Gasteiger partial charge in [0.25, 0.3) is 11.8 Å². The van der Waals surface area contributed by atoms with Gasteiger partial charge >= 0.3 is 0 Å². The second-order valence-corrected chi connectivity index (χ2v) is 5.51. The molecule has 4 unspecified atom stereocenters. The minimum Gasteiger partial charge on any atom is -0.391 e. The molecule has 0 aromatic heterocycles. The number of rotatable bonds is 1. The van der Waals surface area contributed by atoms with Crippen LogP contribution >= 0.6 is 0 Å². The van der Waals surface area contributed by atoms with Gasteiger partial charge in [-0.15, -0.1) is 0 Å². The molecule has 3 rings (SSSR count). The van der Waals surface area contributed by atoms with Gasteiger partial charge in [0, 0.05) is 0 Å². The number of nitrogens with zero attached hydrogens (tertiary/aromatic N) is 1. The summed E-state index contributed by atoms with van der Waals surface area (Å²) in [6.07, 6.45) is 4.18. The number of amides is 2. The second-order valence-electron chi connectivity index (χ2n) is 5.51. The van der Waals surface area contributed by atoms with Gasteiger partial charge in [-0.2, -0.15) is 0 Å². The van der Waals surface area contributed by atoms with Gasteiger partial charge in [0.2, 0.25) is 0 Å². The summed E-state index contributed by atoms with van der Waals surface area (Å²) in [6.45, 7) is 0. The van der Waals surface area contributed by atoms with Crippen molar-refractivity contribution in [1.82, 2.24) is 4.90 Å². The Balaban J connectivity index is 1.85. The van der Waals surface area contributed by atoms with E-state index in [-0.39, 0.29) is 17.9 Å². The minimum atomic E-state index is -0.571. The first kappa shape index (κ1) is 12.1. The molecule has 18 heavy (non-hydrogen) atoms. The Labute approximate surface area is 106 Å². The van der Waals surface area contributed by atoms with Crippen LogP contribution in [0.4, 0.5) is 0 Å². The number of hydrogen-bond donors (Lipinski definition) is 1. The minimum absolute atomic E-state index is 0.236. The van der Waals surface area contributed by atoms with Crippen molar-refractivity contribution in [2.75, 3.05) is 0 Å². The summed E-state index contributed by atoms with van der Waals surface area (Å²) in [5.41, 5.74) is 0. The number of carbonyl (C=O) groups excluding carboxylic acids is 2. The van der Waals surface area contributed by atoms with E-state index in [1.54, 1.807) is 0 Å². The third kappa shape index (κ3) is 1.86. The Morgan fingerprint density at radius 3 is 2.22 bits per heavy atom. The highest BCUT2D eigenvalue weighted by molar-refractivity contribution is 6.02. The van der Waals surface area contributed by atoms with Crippen LogP contribution in [-0.2, 0) is 14.3 Å². The summed E-state index contributed by atoms with van der Waals surface area (Å²) in [5, 5.41) is 10.1. The molecule has 0 aromatic rings. The Morgan fingerprint density at radius 2 is 1.56 bits per heavy atom. The lowest BCUT2D eigenvalue weighted by Crippen LogP contribution is -2.58. The van der Waals surface area contributed by atoms with E-state index < -0.39 is 18.3 Å². The van der Waals surface area contributed by atoms with Gasteiger partial charge < -0.3 is 9.84 Å². The van der Waals surface area contributed by atoms with E-state index in [4.69, 9.17) is 4.74 Å². The summed E-state index contributed by atoms with van der Waals surface area (Å²) in [7, 11) is 0. The van der Waals surface area contributed by atoms with E-state index in [2.05, 4.69) is 0 Å². The molecule has 0 aromatic carbocycles. The fourth-order valence-corrected chi connectivity index (χ4v) is 3.32. The molecule has 3 fully saturated rings. The van der Waals surface area contributed by atoms with Gasteiger partial charge in [0.15, 0.2) is 0 Å². The first-order valence-electron chi connectivity index (χ1n) is 6.89. The van der Waals surface area contributed by atoms with Gasteiger partial charge in [0.1, 0.15) is 12.2 Å². The predicted molar refractivity (Wildman–Crippen MR) is 62.6 cm³/mol. The van der Waals surface area contributed by atoms with Crippen molar-refractivity contribution >= 4 is 11.8 Å². The third-order valence-corrected chi connectivity index (χ3v) is 4.32. The maximum absolute atomic E-state index is 12.2. The number of fused-ring (bicyclic) bond motifs is 2. The number of aliphatic hydroxyl groups is 1. The van der Waals surface area contributed by atoms with Crippen molar-refractivity contribution < 1.29 is 19.4 Å². The second kappa shape index (κ2) is 4.63. The molecule has 5 nitrogen and oxygen atoms in total. The molecule has 0 radical (unpaired) electrons. The average Bonchev–Trinajstić information content (AvgIpc) is 2.71. The summed E-state index contributed by atoms with van der Waals surface area (Å²) in [4.78, 5) is 25.8. The molecule has 1 N–H and O–H groups in total. The van der Waals surface area contributed by atoms with Crippen molar-refractivity contribution in [3.8, 4) is 0 Å². The molecule has 2 amide bonds. The zero-order valence-electron chi connectivity index (χ0n) is 10.4. The van der Waals surface area contributed by atoms with E-state index in [1.165, 1.54) is 4.90 Å². The van der Waals surface area contributed by atoms with Gasteiger partial charge in [0.05, 0.1) is 12.1 Å². The smallest absolute Gasteiger partial charge is 0.258 e. The standard InChI is InChI=1S/C13H19NO4/c15-9-5-3-1-2-4-8(9)14-12(16)10-6-7-11(18-10)13(14)17/h8-11,15H,1-7H2. The van der Waals surface area contributed by atoms with Crippen LogP contribution in [0, 0.1) is 0 Å². The van der Waals surface area contributed by atoms with Crippen molar-refractivity contribution in [3.63, 3.8) is 0 Å². The summed E-state index contributed by atoms with van der Waals surface area (Å²) in [6, 6.07) is -0.334. The van der Waals surface area contributed by atoms with Crippen LogP contribution in [0.15, 0.2) is 0 Å². The Morgan fingerprint density at radius 1 is 0.944 bits per heavy atom. The highest BCUT2D eigenvalue weighted by Crippen LogP contribution is 2.33. The average molecular weight is 253 g/mol. The maximum Gasteiger partial charge on any atom is 0.258 e. The molecule has 1 aliphatic carbocycles. The van der Waals surface area contributed by atoms with Crippen LogP contribution < -0.4 is 0 Å². The molecule has 4 atom stereocenters. The molecule has 2 bridgehead atoms. The molecule has 2 saturated heterocycles. The summed E-state index contributed by atoms with van der Waals surface area (Å²) < 4.78 is 5.39. The highest BCUT2D eigenvalue weighted by atomic mass is 16.5. The quantitative estimate of drug-likeness (QED) is 0.549. The van der Waals surface area contributed by atoms with Crippen molar-refractivity contribution in [1.29, 1.82) is 0 Å². The Bertz CT molecular complexity index is 348. The van der Waals surface area contributed by atoms with Gasteiger partial charge in [-0.3, -0.25) is 14.5 Å². The van der Waals surface area contributed by atoms with Crippen LogP contribution in [0.25, 0.3) is 0 Å². The molecule has 5 heteroatoms. The number of morpholine rings is 1. The molecular formula is C13H19NO4. The van der Waals surface area contributed by atoms with E-state index in [1.807, 2.05) is 0 Å². The van der Waals surface area contributed by atoms with E-state index in [0.717, 1.165) is 25.7 Å². The molecule has 100 valence electrons. The Kier molecular flexibility index (Phi) is 3.11. The van der Waals surface area contributed by atoms with Crippen LogP contribution in [0.1, 0.15) is 44.9 Å². The fraction of sp³-hybridized carbons (Fsp3) is 0.846. The SMILES string of the molecule is O=C1C2CCC(O2)C(=O)N1C1CCCCCC1O. The summed E-state index contributed by atoms with van der Waals surface area (Å²) in [5.74, 6) is -0.473. The first-order valence-corrected chi connectivity index (χ1v) is 6.89. The lowest BCUT2D eigenvalue weighted by molar-refractivity contribution is -0.174. The van der Waals surface area contributed by atoms with Crippen molar-refractivity contribution in [2.45, 2.75) is 69.3 Å². The lowest BCUT2D eigenvalue weighted by Gasteiger charge is -2.37. The molecule has 2 heterocycles. The largest absolute Gasteiger partial charge is 0.391 e. The van der Waals surface area contributed by atoms with E-state index in [9.17, 15) is 14.7 Å². The normalized spacial score (nSPS) is 41.1. The monoisotopic (exact) mass is 253 g/mol. The molecule has 0 spiro atoms. The predicted octanol–water partition coefficient (Wildman–Crippen LogP) is 0.596. The zero-order chi connectivity index (χ0) is 12.7. The molecular weight excluding hydrogens is 234 g/mol. The molecule has 1 saturated carbocycles. The third-order valence-electron chi connectivity index (χ3n) is 4.32. The van der Waals surface area contributed by atoms with Gasteiger partial charge in [-0.05, 0) is 25.7 Å². The number of aliphatic hydroxyl groups excluding tert-OH is 1. The topological polar surface area (TPSA) is 66.8 Å². The molecule has 2 aliphatic heterocycles. The van der Waals surface area contributed by atoms with Crippen LogP contribution in [0.3, 0.4) is 0 Å². The fourth-order valence-electron chi connectivity index (χ4n) is 3.32. The number of hydrogen-bond acceptors (Lipinski definition) is 4. The number of ether oxygens (including phenoxy) is 1. The number of imide groups is 1. The molecule has 3 aliphatic rings. The van der Waals surface area contributed by atoms with E-state index in [0.29, 0.717) is 19.3 Å². The van der Waals surface area contributed by atoms with Crippen molar-refractivity contribution in [2.24, 2.45) is 0 Å². The Hall–Kier alpha value is -0.940. The van der Waals surface area contributed by atoms with Crippen LogP contribution in [-0.4, -0.2) is 46.2 Å². The first-order chi connectivity index (χ1) is 8.68. The maximum atomic E-state index is 12.2. The number of likely N-dealkylation sites (tertiary alicyclic amines) is 1. The van der Waals surface area contributed by atoms with Crippen LogP contribution in [0.2, 0.25) is 0 Å². The lowest BCUT2D eigenvalue weighted by atomic mass is 10.0. The number of carbonyl (C=O) groups is 2. The van der Waals surface area contributed by atoms with Gasteiger partial charge in [-0.25, -0.2) is 0 Å².